The molecule has 0 aliphatic carbocycles. The van der Waals surface area contributed by atoms with Gasteiger partial charge < -0.3 is 10.2 Å². The molecule has 0 bridgehead atoms. The van der Waals surface area contributed by atoms with Gasteiger partial charge in [0.2, 0.25) is 5.91 Å². The predicted octanol–water partition coefficient (Wildman–Crippen LogP) is 2.75. The first-order chi connectivity index (χ1) is 10.2. The summed E-state index contributed by atoms with van der Waals surface area (Å²) in [5.74, 6) is 0.756. The number of carbonyl (C=O) groups is 1. The van der Waals surface area contributed by atoms with Crippen molar-refractivity contribution in [1.29, 1.82) is 0 Å². The normalized spacial score (nSPS) is 18.9. The summed E-state index contributed by atoms with van der Waals surface area (Å²) in [6, 6.07) is 15.1. The third-order valence-corrected chi connectivity index (χ3v) is 4.78. The number of rotatable bonds is 3. The monoisotopic (exact) mass is 300 g/mol. The Balaban J connectivity index is 1.61. The Morgan fingerprint density at radius 1 is 1.29 bits per heavy atom. The first kappa shape index (κ1) is 14.4. The third-order valence-electron chi connectivity index (χ3n) is 3.80. The number of hydrogen-bond acceptors (Lipinski definition) is 3. The molecule has 1 amide bonds. The number of thioether (sulfide) groups is 1. The standard InChI is InChI=1S/C17H20N2OS/c1-13-11-19(9-8-18-13)17(20)12-21-16-7-6-14-4-2-3-5-15(14)10-16/h2-7,10,13,18H,8-9,11-12H2,1H3. The number of carbonyl (C=O) groups excluding carboxylic acids is 1. The highest BCUT2D eigenvalue weighted by atomic mass is 32.2. The maximum atomic E-state index is 12.3. The van der Waals surface area contributed by atoms with E-state index in [0.717, 1.165) is 24.5 Å². The van der Waals surface area contributed by atoms with E-state index < -0.39 is 0 Å². The number of amides is 1. The molecule has 1 heterocycles. The van der Waals surface area contributed by atoms with Crippen molar-refractivity contribution >= 4 is 28.4 Å². The molecule has 3 rings (SSSR count). The summed E-state index contributed by atoms with van der Waals surface area (Å²) >= 11 is 1.63. The molecule has 0 radical (unpaired) electrons. The molecule has 0 spiro atoms. The largest absolute Gasteiger partial charge is 0.339 e. The van der Waals surface area contributed by atoms with Crippen molar-refractivity contribution in [3.8, 4) is 0 Å². The Morgan fingerprint density at radius 2 is 2.10 bits per heavy atom. The van der Waals surface area contributed by atoms with Crippen LogP contribution in [0, 0.1) is 0 Å². The van der Waals surface area contributed by atoms with Gasteiger partial charge in [-0.2, -0.15) is 0 Å². The fraction of sp³-hybridized carbons (Fsp3) is 0.353. The van der Waals surface area contributed by atoms with Gasteiger partial charge in [-0.3, -0.25) is 4.79 Å². The average molecular weight is 300 g/mol. The van der Waals surface area contributed by atoms with E-state index in [1.54, 1.807) is 11.8 Å². The van der Waals surface area contributed by atoms with E-state index in [1.165, 1.54) is 10.8 Å². The minimum absolute atomic E-state index is 0.238. The van der Waals surface area contributed by atoms with Crippen LogP contribution in [0.1, 0.15) is 6.92 Å². The van der Waals surface area contributed by atoms with Gasteiger partial charge in [0, 0.05) is 30.6 Å². The van der Waals surface area contributed by atoms with Crippen molar-refractivity contribution < 1.29 is 4.79 Å². The molecule has 110 valence electrons. The number of benzene rings is 2. The lowest BCUT2D eigenvalue weighted by Crippen LogP contribution is -2.51. The maximum absolute atomic E-state index is 12.3. The van der Waals surface area contributed by atoms with Gasteiger partial charge in [0.1, 0.15) is 0 Å². The number of nitrogens with one attached hydrogen (secondary N) is 1. The second-order valence-electron chi connectivity index (χ2n) is 5.49. The number of nitrogens with zero attached hydrogens (tertiary/aromatic N) is 1. The van der Waals surface area contributed by atoms with Crippen LogP contribution in [0.4, 0.5) is 0 Å². The smallest absolute Gasteiger partial charge is 0.233 e. The minimum atomic E-state index is 0.238. The van der Waals surface area contributed by atoms with Crippen LogP contribution in [-0.4, -0.2) is 42.2 Å². The number of fused-ring (bicyclic) bond motifs is 1. The second kappa shape index (κ2) is 6.50. The van der Waals surface area contributed by atoms with Crippen molar-refractivity contribution in [3.05, 3.63) is 42.5 Å². The lowest BCUT2D eigenvalue weighted by Gasteiger charge is -2.31. The summed E-state index contributed by atoms with van der Waals surface area (Å²) in [6.07, 6.45) is 0. The summed E-state index contributed by atoms with van der Waals surface area (Å²) in [6.45, 7) is 4.65. The molecule has 2 aromatic rings. The van der Waals surface area contributed by atoms with E-state index in [-0.39, 0.29) is 5.91 Å². The van der Waals surface area contributed by atoms with E-state index in [4.69, 9.17) is 0 Å². The van der Waals surface area contributed by atoms with E-state index >= 15 is 0 Å². The molecule has 1 aliphatic rings. The summed E-state index contributed by atoms with van der Waals surface area (Å²) in [7, 11) is 0. The Labute approximate surface area is 129 Å². The summed E-state index contributed by atoms with van der Waals surface area (Å²) in [4.78, 5) is 15.4. The zero-order valence-electron chi connectivity index (χ0n) is 12.2. The zero-order chi connectivity index (χ0) is 14.7. The van der Waals surface area contributed by atoms with Crippen LogP contribution in [0.3, 0.4) is 0 Å². The van der Waals surface area contributed by atoms with Crippen LogP contribution < -0.4 is 5.32 Å². The highest BCUT2D eigenvalue weighted by Crippen LogP contribution is 2.24. The Morgan fingerprint density at radius 3 is 2.90 bits per heavy atom. The van der Waals surface area contributed by atoms with E-state index in [0.29, 0.717) is 11.8 Å². The maximum Gasteiger partial charge on any atom is 0.233 e. The van der Waals surface area contributed by atoms with Gasteiger partial charge in [0.25, 0.3) is 0 Å². The van der Waals surface area contributed by atoms with Crippen molar-refractivity contribution in [2.24, 2.45) is 0 Å². The zero-order valence-corrected chi connectivity index (χ0v) is 13.0. The molecule has 1 atom stereocenters. The molecule has 21 heavy (non-hydrogen) atoms. The number of hydrogen-bond donors (Lipinski definition) is 1. The quantitative estimate of drug-likeness (QED) is 0.885. The second-order valence-corrected chi connectivity index (χ2v) is 6.54. The Kier molecular flexibility index (Phi) is 4.46. The van der Waals surface area contributed by atoms with Crippen molar-refractivity contribution in [3.63, 3.8) is 0 Å². The van der Waals surface area contributed by atoms with Gasteiger partial charge in [0.05, 0.1) is 5.75 Å². The molecule has 1 unspecified atom stereocenters. The highest BCUT2D eigenvalue weighted by Gasteiger charge is 2.20. The molecular weight excluding hydrogens is 280 g/mol. The Bertz CT molecular complexity index is 643. The van der Waals surface area contributed by atoms with E-state index in [9.17, 15) is 4.79 Å². The van der Waals surface area contributed by atoms with Crippen molar-refractivity contribution in [1.82, 2.24) is 10.2 Å². The van der Waals surface area contributed by atoms with E-state index in [2.05, 4.69) is 42.6 Å². The van der Waals surface area contributed by atoms with Gasteiger partial charge >= 0.3 is 0 Å². The van der Waals surface area contributed by atoms with Crippen LogP contribution >= 0.6 is 11.8 Å². The molecule has 3 nitrogen and oxygen atoms in total. The molecule has 4 heteroatoms. The summed E-state index contributed by atoms with van der Waals surface area (Å²) < 4.78 is 0. The fourth-order valence-corrected chi connectivity index (χ4v) is 3.50. The molecule has 1 fully saturated rings. The SMILES string of the molecule is CC1CN(C(=O)CSc2ccc3ccccc3c2)CCN1. The Hall–Kier alpha value is -1.52. The number of piperazine rings is 1. The fourth-order valence-electron chi connectivity index (χ4n) is 2.65. The average Bonchev–Trinajstić information content (AvgIpc) is 2.52. The minimum Gasteiger partial charge on any atom is -0.339 e. The van der Waals surface area contributed by atoms with E-state index in [1.807, 2.05) is 17.0 Å². The molecule has 1 N–H and O–H groups in total. The first-order valence-electron chi connectivity index (χ1n) is 7.35. The van der Waals surface area contributed by atoms with Crippen LogP contribution in [-0.2, 0) is 4.79 Å². The molecule has 1 aliphatic heterocycles. The van der Waals surface area contributed by atoms with Crippen molar-refractivity contribution in [2.75, 3.05) is 25.4 Å². The van der Waals surface area contributed by atoms with Gasteiger partial charge in [-0.05, 0) is 29.8 Å². The first-order valence-corrected chi connectivity index (χ1v) is 8.34. The molecule has 0 aromatic heterocycles. The van der Waals surface area contributed by atoms with Crippen LogP contribution in [0.5, 0.6) is 0 Å². The molecule has 2 aromatic carbocycles. The third kappa shape index (κ3) is 3.57. The predicted molar refractivity (Wildman–Crippen MR) is 88.7 cm³/mol. The summed E-state index contributed by atoms with van der Waals surface area (Å²) in [5, 5.41) is 5.83. The lowest BCUT2D eigenvalue weighted by atomic mass is 10.1. The van der Waals surface area contributed by atoms with Crippen LogP contribution in [0.15, 0.2) is 47.4 Å². The van der Waals surface area contributed by atoms with Crippen LogP contribution in [0.2, 0.25) is 0 Å². The van der Waals surface area contributed by atoms with Gasteiger partial charge in [-0.25, -0.2) is 0 Å². The van der Waals surface area contributed by atoms with Gasteiger partial charge in [-0.1, -0.05) is 30.3 Å². The van der Waals surface area contributed by atoms with Gasteiger partial charge in [-0.15, -0.1) is 11.8 Å². The molecular formula is C17H20N2OS. The topological polar surface area (TPSA) is 32.3 Å². The summed E-state index contributed by atoms with van der Waals surface area (Å²) in [5.41, 5.74) is 0. The molecule has 0 saturated carbocycles. The lowest BCUT2D eigenvalue weighted by molar-refractivity contribution is -0.129. The van der Waals surface area contributed by atoms with Gasteiger partial charge in [0.15, 0.2) is 0 Å². The van der Waals surface area contributed by atoms with Crippen molar-refractivity contribution in [2.45, 2.75) is 17.9 Å². The highest BCUT2D eigenvalue weighted by molar-refractivity contribution is 8.00. The van der Waals surface area contributed by atoms with Crippen LogP contribution in [0.25, 0.3) is 10.8 Å². The molecule has 1 saturated heterocycles.